The molecule has 0 radical (unpaired) electrons. The molecule has 0 fully saturated rings. The van der Waals surface area contributed by atoms with Crippen molar-refractivity contribution in [3.63, 3.8) is 0 Å². The molecule has 0 unspecified atom stereocenters. The second-order valence-electron chi connectivity index (χ2n) is 3.01. The van der Waals surface area contributed by atoms with Gasteiger partial charge in [-0.25, -0.2) is 4.98 Å². The zero-order valence-electron chi connectivity index (χ0n) is 8.86. The number of aromatic nitrogens is 1. The molecule has 0 saturated carbocycles. The van der Waals surface area contributed by atoms with Crippen LogP contribution in [0.15, 0.2) is 16.7 Å². The summed E-state index contributed by atoms with van der Waals surface area (Å²) in [6.45, 7) is 0.466. The zero-order chi connectivity index (χ0) is 12.0. The molecule has 16 heavy (non-hydrogen) atoms. The molecule has 0 aromatic carbocycles. The molecule has 5 nitrogen and oxygen atoms in total. The van der Waals surface area contributed by atoms with Crippen molar-refractivity contribution in [2.75, 3.05) is 20.3 Å². The lowest BCUT2D eigenvalue weighted by Gasteiger charge is -2.08. The van der Waals surface area contributed by atoms with E-state index in [9.17, 15) is 4.79 Å². The minimum Gasteiger partial charge on any atom is -0.495 e. The summed E-state index contributed by atoms with van der Waals surface area (Å²) in [5.41, 5.74) is 0.275. The first kappa shape index (κ1) is 12.9. The van der Waals surface area contributed by atoms with E-state index in [0.29, 0.717) is 23.2 Å². The summed E-state index contributed by atoms with van der Waals surface area (Å²) in [7, 11) is 1.52. The Morgan fingerprint density at radius 2 is 2.44 bits per heavy atom. The molecular formula is C10H13BrN2O3. The molecular weight excluding hydrogens is 276 g/mol. The van der Waals surface area contributed by atoms with Gasteiger partial charge in [0, 0.05) is 19.3 Å². The van der Waals surface area contributed by atoms with Crippen LogP contribution in [0.25, 0.3) is 0 Å². The van der Waals surface area contributed by atoms with Crippen molar-refractivity contribution in [2.24, 2.45) is 0 Å². The van der Waals surface area contributed by atoms with Crippen molar-refractivity contribution in [2.45, 2.75) is 6.42 Å². The Balaban J connectivity index is 2.75. The summed E-state index contributed by atoms with van der Waals surface area (Å²) in [6.07, 6.45) is 2.03. The highest BCUT2D eigenvalue weighted by molar-refractivity contribution is 9.10. The summed E-state index contributed by atoms with van der Waals surface area (Å²) in [6, 6.07) is 1.66. The van der Waals surface area contributed by atoms with Gasteiger partial charge in [-0.3, -0.25) is 4.79 Å². The van der Waals surface area contributed by atoms with E-state index in [0.717, 1.165) is 0 Å². The number of nitrogens with one attached hydrogen (secondary N) is 1. The summed E-state index contributed by atoms with van der Waals surface area (Å²) in [4.78, 5) is 15.6. The smallest absolute Gasteiger partial charge is 0.271 e. The number of rotatable bonds is 5. The van der Waals surface area contributed by atoms with Gasteiger partial charge in [-0.05, 0) is 28.4 Å². The molecule has 0 aliphatic rings. The third kappa shape index (κ3) is 3.18. The Hall–Kier alpha value is -1.14. The van der Waals surface area contributed by atoms with Gasteiger partial charge in [0.25, 0.3) is 5.91 Å². The van der Waals surface area contributed by atoms with Crippen LogP contribution in [0.5, 0.6) is 5.75 Å². The van der Waals surface area contributed by atoms with E-state index in [2.05, 4.69) is 26.2 Å². The number of methoxy groups -OCH3 is 1. The number of carbonyl (C=O) groups excluding carboxylic acids is 1. The fourth-order valence-electron chi connectivity index (χ4n) is 1.11. The zero-order valence-corrected chi connectivity index (χ0v) is 10.5. The van der Waals surface area contributed by atoms with Crippen molar-refractivity contribution in [3.05, 3.63) is 22.4 Å². The molecule has 1 aromatic heterocycles. The molecule has 1 heterocycles. The van der Waals surface area contributed by atoms with Crippen LogP contribution in [-0.2, 0) is 0 Å². The highest BCUT2D eigenvalue weighted by Crippen LogP contribution is 2.26. The number of halogens is 1. The number of hydrogen-bond donors (Lipinski definition) is 2. The van der Waals surface area contributed by atoms with Crippen LogP contribution in [0.4, 0.5) is 0 Å². The normalized spacial score (nSPS) is 9.94. The second kappa shape index (κ2) is 6.44. The van der Waals surface area contributed by atoms with Crippen molar-refractivity contribution >= 4 is 21.8 Å². The number of aliphatic hydroxyl groups is 1. The van der Waals surface area contributed by atoms with Crippen molar-refractivity contribution in [1.82, 2.24) is 10.3 Å². The molecule has 0 atom stereocenters. The Morgan fingerprint density at radius 1 is 1.69 bits per heavy atom. The highest BCUT2D eigenvalue weighted by atomic mass is 79.9. The lowest BCUT2D eigenvalue weighted by molar-refractivity contribution is 0.0945. The van der Waals surface area contributed by atoms with E-state index in [1.54, 1.807) is 6.07 Å². The SMILES string of the molecule is COc1ccnc(C(=O)NCCCO)c1Br. The first-order chi connectivity index (χ1) is 7.70. The minimum absolute atomic E-state index is 0.0486. The largest absolute Gasteiger partial charge is 0.495 e. The van der Waals surface area contributed by atoms with Crippen LogP contribution >= 0.6 is 15.9 Å². The molecule has 0 spiro atoms. The monoisotopic (exact) mass is 288 g/mol. The van der Waals surface area contributed by atoms with Crippen LogP contribution in [0.1, 0.15) is 16.9 Å². The Bertz CT molecular complexity index is 371. The molecule has 1 amide bonds. The maximum absolute atomic E-state index is 11.7. The van der Waals surface area contributed by atoms with E-state index >= 15 is 0 Å². The summed E-state index contributed by atoms with van der Waals surface area (Å²) in [5.74, 6) is 0.265. The topological polar surface area (TPSA) is 71.5 Å². The number of hydrogen-bond acceptors (Lipinski definition) is 4. The summed E-state index contributed by atoms with van der Waals surface area (Å²) in [5, 5.41) is 11.2. The number of amides is 1. The molecule has 0 aliphatic heterocycles. The van der Waals surface area contributed by atoms with Gasteiger partial charge in [0.2, 0.25) is 0 Å². The third-order valence-electron chi connectivity index (χ3n) is 1.91. The van der Waals surface area contributed by atoms with Crippen molar-refractivity contribution in [1.29, 1.82) is 0 Å². The number of ether oxygens (including phenoxy) is 1. The average Bonchev–Trinajstić information content (AvgIpc) is 2.29. The number of pyridine rings is 1. The van der Waals surface area contributed by atoms with E-state index in [4.69, 9.17) is 9.84 Å². The van der Waals surface area contributed by atoms with Crippen molar-refractivity contribution in [3.8, 4) is 5.75 Å². The first-order valence-electron chi connectivity index (χ1n) is 4.78. The Labute approximate surface area is 102 Å². The third-order valence-corrected chi connectivity index (χ3v) is 2.68. The van der Waals surface area contributed by atoms with Crippen LogP contribution in [0, 0.1) is 0 Å². The molecule has 1 aromatic rings. The maximum atomic E-state index is 11.7. The van der Waals surface area contributed by atoms with E-state index in [-0.39, 0.29) is 18.2 Å². The number of carbonyl (C=O) groups is 1. The van der Waals surface area contributed by atoms with E-state index in [1.165, 1.54) is 13.3 Å². The van der Waals surface area contributed by atoms with Gasteiger partial charge < -0.3 is 15.2 Å². The molecule has 0 saturated heterocycles. The average molecular weight is 289 g/mol. The first-order valence-corrected chi connectivity index (χ1v) is 5.57. The van der Waals surface area contributed by atoms with Gasteiger partial charge in [0.1, 0.15) is 11.4 Å². The Kier molecular flexibility index (Phi) is 5.21. The standard InChI is InChI=1S/C10H13BrN2O3/c1-16-7-3-5-12-9(8(7)11)10(15)13-4-2-6-14/h3,5,14H,2,4,6H2,1H3,(H,13,15). The van der Waals surface area contributed by atoms with Crippen molar-refractivity contribution < 1.29 is 14.6 Å². The predicted octanol–water partition coefficient (Wildman–Crippen LogP) is 0.965. The molecule has 2 N–H and O–H groups in total. The van der Waals surface area contributed by atoms with Gasteiger partial charge in [-0.2, -0.15) is 0 Å². The minimum atomic E-state index is -0.292. The Morgan fingerprint density at radius 3 is 3.06 bits per heavy atom. The second-order valence-corrected chi connectivity index (χ2v) is 3.80. The van der Waals surface area contributed by atoms with Gasteiger partial charge in [0.05, 0.1) is 11.6 Å². The van der Waals surface area contributed by atoms with Crippen LogP contribution < -0.4 is 10.1 Å². The predicted molar refractivity (Wildman–Crippen MR) is 62.5 cm³/mol. The highest BCUT2D eigenvalue weighted by Gasteiger charge is 2.14. The maximum Gasteiger partial charge on any atom is 0.271 e. The van der Waals surface area contributed by atoms with Crippen LogP contribution in [0.3, 0.4) is 0 Å². The molecule has 88 valence electrons. The quantitative estimate of drug-likeness (QED) is 0.792. The molecule has 6 heteroatoms. The number of aliphatic hydroxyl groups excluding tert-OH is 1. The fraction of sp³-hybridized carbons (Fsp3) is 0.400. The summed E-state index contributed by atoms with van der Waals surface area (Å²) >= 11 is 3.25. The van der Waals surface area contributed by atoms with Gasteiger partial charge in [-0.15, -0.1) is 0 Å². The van der Waals surface area contributed by atoms with Gasteiger partial charge >= 0.3 is 0 Å². The van der Waals surface area contributed by atoms with E-state index in [1.807, 2.05) is 0 Å². The van der Waals surface area contributed by atoms with Crippen LogP contribution in [0.2, 0.25) is 0 Å². The lowest BCUT2D eigenvalue weighted by Crippen LogP contribution is -2.26. The van der Waals surface area contributed by atoms with E-state index < -0.39 is 0 Å². The molecule has 1 rings (SSSR count). The fourth-order valence-corrected chi connectivity index (χ4v) is 1.68. The van der Waals surface area contributed by atoms with Gasteiger partial charge in [-0.1, -0.05) is 0 Å². The molecule has 0 aliphatic carbocycles. The van der Waals surface area contributed by atoms with Gasteiger partial charge in [0.15, 0.2) is 0 Å². The lowest BCUT2D eigenvalue weighted by atomic mass is 10.3. The number of nitrogens with zero attached hydrogens (tertiary/aromatic N) is 1. The van der Waals surface area contributed by atoms with Crippen LogP contribution in [-0.4, -0.2) is 36.3 Å². The molecule has 0 bridgehead atoms. The summed E-state index contributed by atoms with van der Waals surface area (Å²) < 4.78 is 5.58.